The van der Waals surface area contributed by atoms with E-state index < -0.39 is 23.8 Å². The molecule has 0 saturated carbocycles. The Morgan fingerprint density at radius 2 is 1.67 bits per heavy atom. The third-order valence-electron chi connectivity index (χ3n) is 4.16. The fourth-order valence-corrected chi connectivity index (χ4v) is 2.54. The fourth-order valence-electron chi connectivity index (χ4n) is 2.54. The lowest BCUT2D eigenvalue weighted by atomic mass is 10.2. The van der Waals surface area contributed by atoms with Crippen molar-refractivity contribution in [1.29, 1.82) is 0 Å². The van der Waals surface area contributed by atoms with E-state index in [9.17, 15) is 14.0 Å². The van der Waals surface area contributed by atoms with Crippen LogP contribution in [0.4, 0.5) is 4.39 Å². The van der Waals surface area contributed by atoms with Crippen LogP contribution in [0, 0.1) is 5.82 Å². The molecule has 0 saturated heterocycles. The van der Waals surface area contributed by atoms with Crippen molar-refractivity contribution in [2.24, 2.45) is 0 Å². The summed E-state index contributed by atoms with van der Waals surface area (Å²) in [6, 6.07) is 9.52. The second-order valence-electron chi connectivity index (χ2n) is 6.21. The Labute approximate surface area is 174 Å². The van der Waals surface area contributed by atoms with E-state index in [0.717, 1.165) is 11.6 Å². The highest BCUT2D eigenvalue weighted by Gasteiger charge is 2.16. The summed E-state index contributed by atoms with van der Waals surface area (Å²) in [7, 11) is 4.42. The predicted molar refractivity (Wildman–Crippen MR) is 109 cm³/mol. The van der Waals surface area contributed by atoms with Crippen molar-refractivity contribution in [3.05, 3.63) is 59.4 Å². The van der Waals surface area contributed by atoms with Gasteiger partial charge in [-0.05, 0) is 48.4 Å². The first-order valence-electron chi connectivity index (χ1n) is 9.08. The minimum absolute atomic E-state index is 0.106. The Bertz CT molecular complexity index is 928. The molecule has 2 rings (SSSR count). The van der Waals surface area contributed by atoms with Crippen LogP contribution in [0.25, 0.3) is 6.08 Å². The summed E-state index contributed by atoms with van der Waals surface area (Å²) >= 11 is 0. The van der Waals surface area contributed by atoms with Crippen molar-refractivity contribution in [3.8, 4) is 17.2 Å². The summed E-state index contributed by atoms with van der Waals surface area (Å²) in [4.78, 5) is 24.1. The summed E-state index contributed by atoms with van der Waals surface area (Å²) in [6.45, 7) is 1.69. The van der Waals surface area contributed by atoms with E-state index in [4.69, 9.17) is 18.9 Å². The van der Waals surface area contributed by atoms with Gasteiger partial charge in [0.1, 0.15) is 0 Å². The highest BCUT2D eigenvalue weighted by molar-refractivity contribution is 5.90. The van der Waals surface area contributed by atoms with Gasteiger partial charge in [0.05, 0.1) is 21.3 Å². The van der Waals surface area contributed by atoms with Gasteiger partial charge in [0.25, 0.3) is 5.91 Å². The van der Waals surface area contributed by atoms with Crippen LogP contribution in [0.1, 0.15) is 18.1 Å². The maximum atomic E-state index is 13.7. The lowest BCUT2D eigenvalue weighted by Gasteiger charge is -2.13. The van der Waals surface area contributed by atoms with Crippen molar-refractivity contribution in [2.75, 3.05) is 21.3 Å². The maximum Gasteiger partial charge on any atom is 0.331 e. The van der Waals surface area contributed by atoms with Gasteiger partial charge in [0, 0.05) is 12.6 Å². The molecule has 0 spiro atoms. The molecule has 0 aromatic heterocycles. The summed E-state index contributed by atoms with van der Waals surface area (Å²) in [6.07, 6.45) is 1.51. The van der Waals surface area contributed by atoms with Gasteiger partial charge >= 0.3 is 5.97 Å². The zero-order chi connectivity index (χ0) is 22.1. The van der Waals surface area contributed by atoms with Gasteiger partial charge in [-0.2, -0.15) is 0 Å². The van der Waals surface area contributed by atoms with Gasteiger partial charge in [0.15, 0.2) is 29.2 Å². The van der Waals surface area contributed by atoms with Crippen LogP contribution >= 0.6 is 0 Å². The van der Waals surface area contributed by atoms with E-state index in [1.807, 2.05) is 0 Å². The fraction of sp³-hybridized carbons (Fsp3) is 0.273. The van der Waals surface area contributed by atoms with Crippen LogP contribution in [0.5, 0.6) is 17.2 Å². The van der Waals surface area contributed by atoms with Gasteiger partial charge in [-0.25, -0.2) is 9.18 Å². The molecule has 0 fully saturated rings. The molecule has 2 aromatic carbocycles. The van der Waals surface area contributed by atoms with Crippen LogP contribution in [0.3, 0.4) is 0 Å². The monoisotopic (exact) mass is 417 g/mol. The molecule has 0 heterocycles. The van der Waals surface area contributed by atoms with Gasteiger partial charge in [-0.1, -0.05) is 12.1 Å². The molecule has 1 N–H and O–H groups in total. The van der Waals surface area contributed by atoms with Crippen LogP contribution in [-0.2, 0) is 20.9 Å². The number of nitrogens with one attached hydrogen (secondary N) is 1. The van der Waals surface area contributed by atoms with Crippen molar-refractivity contribution < 1.29 is 32.9 Å². The molecule has 30 heavy (non-hydrogen) atoms. The summed E-state index contributed by atoms with van der Waals surface area (Å²) in [5.41, 5.74) is 1.25. The highest BCUT2D eigenvalue weighted by atomic mass is 19.1. The Kier molecular flexibility index (Phi) is 8.22. The zero-order valence-electron chi connectivity index (χ0n) is 17.2. The number of rotatable bonds is 9. The van der Waals surface area contributed by atoms with Crippen molar-refractivity contribution in [1.82, 2.24) is 5.32 Å². The van der Waals surface area contributed by atoms with E-state index in [2.05, 4.69) is 5.32 Å². The summed E-state index contributed by atoms with van der Waals surface area (Å²) < 4.78 is 34.0. The minimum atomic E-state index is -1.00. The number of hydrogen-bond donors (Lipinski definition) is 1. The second kappa shape index (κ2) is 10.8. The van der Waals surface area contributed by atoms with E-state index in [0.29, 0.717) is 17.1 Å². The Hall–Kier alpha value is -3.55. The maximum absolute atomic E-state index is 13.7. The smallest absolute Gasteiger partial charge is 0.331 e. The average Bonchev–Trinajstić information content (AvgIpc) is 2.75. The number of hydrogen-bond acceptors (Lipinski definition) is 6. The number of methoxy groups -OCH3 is 3. The number of ether oxygens (including phenoxy) is 4. The molecule has 0 aliphatic heterocycles. The molecular formula is C22H24FNO6. The van der Waals surface area contributed by atoms with Crippen molar-refractivity contribution in [3.63, 3.8) is 0 Å². The van der Waals surface area contributed by atoms with Crippen LogP contribution in [-0.4, -0.2) is 39.3 Å². The SMILES string of the molecule is COc1ccc(/C=C/C(=O)O[C@H](C)C(=O)NCc2ccc(OC)c(OC)c2)cc1F. The molecule has 0 aliphatic carbocycles. The number of amides is 1. The molecule has 0 bridgehead atoms. The van der Waals surface area contributed by atoms with Gasteiger partial charge in [0.2, 0.25) is 0 Å². The zero-order valence-corrected chi connectivity index (χ0v) is 17.2. The average molecular weight is 417 g/mol. The lowest BCUT2D eigenvalue weighted by molar-refractivity contribution is -0.150. The molecule has 2 aromatic rings. The molecule has 8 heteroatoms. The molecule has 0 radical (unpaired) electrons. The van der Waals surface area contributed by atoms with Gasteiger partial charge in [-0.3, -0.25) is 4.79 Å². The Morgan fingerprint density at radius 3 is 2.30 bits per heavy atom. The predicted octanol–water partition coefficient (Wildman–Crippen LogP) is 3.11. The second-order valence-corrected chi connectivity index (χ2v) is 6.21. The van der Waals surface area contributed by atoms with E-state index in [1.54, 1.807) is 24.3 Å². The van der Waals surface area contributed by atoms with Gasteiger partial charge < -0.3 is 24.3 Å². The molecule has 0 aliphatic rings. The standard InChI is InChI=1S/C22H24FNO6/c1-14(22(26)24-13-16-6-9-19(28-3)20(12-16)29-4)30-21(25)10-7-15-5-8-18(27-2)17(23)11-15/h5-12,14H,13H2,1-4H3,(H,24,26)/b10-7+/t14-/m1/s1. The number of halogens is 1. The van der Waals surface area contributed by atoms with Crippen LogP contribution < -0.4 is 19.5 Å². The van der Waals surface area contributed by atoms with Crippen LogP contribution in [0.2, 0.25) is 0 Å². The van der Waals surface area contributed by atoms with Crippen LogP contribution in [0.15, 0.2) is 42.5 Å². The number of benzene rings is 2. The minimum Gasteiger partial charge on any atom is -0.494 e. The highest BCUT2D eigenvalue weighted by Crippen LogP contribution is 2.27. The summed E-state index contributed by atoms with van der Waals surface area (Å²) in [5.74, 6) is -0.491. The van der Waals surface area contributed by atoms with Crippen molar-refractivity contribution in [2.45, 2.75) is 19.6 Å². The Balaban J connectivity index is 1.87. The lowest BCUT2D eigenvalue weighted by Crippen LogP contribution is -2.35. The van der Waals surface area contributed by atoms with E-state index >= 15 is 0 Å². The third-order valence-corrected chi connectivity index (χ3v) is 4.16. The summed E-state index contributed by atoms with van der Waals surface area (Å²) in [5, 5.41) is 2.69. The molecule has 7 nitrogen and oxygen atoms in total. The topological polar surface area (TPSA) is 83.1 Å². The molecular weight excluding hydrogens is 393 g/mol. The Morgan fingerprint density at radius 1 is 1.00 bits per heavy atom. The molecule has 1 atom stereocenters. The number of carbonyl (C=O) groups is 2. The first-order chi connectivity index (χ1) is 14.4. The number of esters is 1. The first-order valence-corrected chi connectivity index (χ1v) is 9.08. The quantitative estimate of drug-likeness (QED) is 0.499. The van der Waals surface area contributed by atoms with Gasteiger partial charge in [-0.15, -0.1) is 0 Å². The molecule has 0 unspecified atom stereocenters. The first kappa shape index (κ1) is 22.7. The molecule has 1 amide bonds. The largest absolute Gasteiger partial charge is 0.494 e. The normalized spacial score (nSPS) is 11.6. The number of carbonyl (C=O) groups excluding carboxylic acids is 2. The van der Waals surface area contributed by atoms with E-state index in [-0.39, 0.29) is 12.3 Å². The third kappa shape index (κ3) is 6.23. The molecule has 160 valence electrons. The van der Waals surface area contributed by atoms with Crippen molar-refractivity contribution >= 4 is 18.0 Å². The van der Waals surface area contributed by atoms with E-state index in [1.165, 1.54) is 46.5 Å².